The SMILES string of the molecule is CCNC(=O)Nc1ncnc2c1ncn2C1CC(CNC(=O)CCC(=O)O)C2O[C@H](/C=C/c3ccccc3)OC21.CCNC(=O)Nc1ncnc2c1ncn2C1CC(COC(=S)NCC(=O)O)C2O[C@H](/C=C/c3ccccc3)OC21.CCNC(=O)Nc1ncnc2c1ncn2C1OC(COC(=S)NCC(=O)O)C2O[C@H](c3ccccc3)OC21. The summed E-state index contributed by atoms with van der Waals surface area (Å²) in [7, 11) is 0. The normalized spacial score (nSPS) is 23.8. The van der Waals surface area contributed by atoms with E-state index in [4.69, 9.17) is 82.4 Å². The van der Waals surface area contributed by atoms with Crippen LogP contribution in [0.2, 0.25) is 0 Å². The van der Waals surface area contributed by atoms with Crippen molar-refractivity contribution in [3.8, 4) is 0 Å². The molecule has 7 amide bonds. The molecular formula is C76H85N21O19S2. The number of benzene rings is 3. The number of fused-ring (bicyclic) bond motifs is 6. The predicted molar refractivity (Wildman–Crippen MR) is 427 cm³/mol. The van der Waals surface area contributed by atoms with E-state index < -0.39 is 73.4 Å². The van der Waals surface area contributed by atoms with Crippen LogP contribution in [-0.4, -0.2) is 234 Å². The van der Waals surface area contributed by atoms with Crippen LogP contribution >= 0.6 is 24.4 Å². The van der Waals surface area contributed by atoms with Gasteiger partial charge in [0.05, 0.1) is 56.3 Å². The number of urea groups is 3. The van der Waals surface area contributed by atoms with Gasteiger partial charge in [-0.25, -0.2) is 59.2 Å². The molecule has 4 saturated heterocycles. The highest BCUT2D eigenvalue weighted by molar-refractivity contribution is 7.80. The van der Waals surface area contributed by atoms with Crippen molar-refractivity contribution in [2.75, 3.05) is 68.4 Å². The third-order valence-electron chi connectivity index (χ3n) is 19.5. The molecule has 6 aliphatic rings. The maximum atomic E-state index is 12.2. The lowest BCUT2D eigenvalue weighted by molar-refractivity contribution is -0.152. The third-order valence-corrected chi connectivity index (χ3v) is 20.0. The van der Waals surface area contributed by atoms with E-state index >= 15 is 0 Å². The number of carbonyl (C=O) groups excluding carboxylic acids is 4. The van der Waals surface area contributed by atoms with Crippen LogP contribution < -0.4 is 47.9 Å². The van der Waals surface area contributed by atoms with Crippen LogP contribution in [0.5, 0.6) is 0 Å². The van der Waals surface area contributed by atoms with Gasteiger partial charge < -0.3 is 99.0 Å². The molecule has 6 fully saturated rings. The molecule has 2 aliphatic carbocycles. The summed E-state index contributed by atoms with van der Waals surface area (Å²) < 4.78 is 60.9. The molecule has 620 valence electrons. The second-order valence-corrected chi connectivity index (χ2v) is 28.0. The van der Waals surface area contributed by atoms with E-state index in [9.17, 15) is 33.6 Å². The van der Waals surface area contributed by atoms with Crippen molar-refractivity contribution in [2.24, 2.45) is 11.8 Å². The van der Waals surface area contributed by atoms with Gasteiger partial charge in [-0.3, -0.25) is 39.7 Å². The first-order valence-corrected chi connectivity index (χ1v) is 38.6. The number of ether oxygens (including phenoxy) is 9. The van der Waals surface area contributed by atoms with Crippen molar-refractivity contribution < 1.29 is 91.5 Å². The quantitative estimate of drug-likeness (QED) is 0.0263. The molecule has 0 spiro atoms. The molecule has 9 aromatic rings. The lowest BCUT2D eigenvalue weighted by Crippen LogP contribution is -2.36. The number of aliphatic carboxylic acids is 3. The number of rotatable bonds is 27. The lowest BCUT2D eigenvalue weighted by atomic mass is 10.1. The molecule has 15 atom stereocenters. The second-order valence-electron chi connectivity index (χ2n) is 27.3. The third kappa shape index (κ3) is 20.7. The number of carbonyl (C=O) groups is 7. The van der Waals surface area contributed by atoms with Gasteiger partial charge >= 0.3 is 36.0 Å². The van der Waals surface area contributed by atoms with E-state index in [0.717, 1.165) is 16.7 Å². The zero-order chi connectivity index (χ0) is 82.8. The highest BCUT2D eigenvalue weighted by Crippen LogP contribution is 2.48. The van der Waals surface area contributed by atoms with Crippen molar-refractivity contribution >= 4 is 140 Å². The zero-order valence-electron chi connectivity index (χ0n) is 63.6. The molecule has 0 bridgehead atoms. The smallest absolute Gasteiger partial charge is 0.323 e. The maximum Gasteiger partial charge on any atom is 0.323 e. The van der Waals surface area contributed by atoms with E-state index in [1.54, 1.807) is 24.1 Å². The van der Waals surface area contributed by atoms with Crippen molar-refractivity contribution in [3.63, 3.8) is 0 Å². The highest BCUT2D eigenvalue weighted by Gasteiger charge is 2.56. The number of carboxylic acids is 3. The summed E-state index contributed by atoms with van der Waals surface area (Å²) in [6, 6.07) is 27.5. The minimum Gasteiger partial charge on any atom is -0.481 e. The van der Waals surface area contributed by atoms with E-state index in [1.165, 1.54) is 25.3 Å². The number of hydrogen-bond donors (Lipinski definition) is 12. The summed E-state index contributed by atoms with van der Waals surface area (Å²) in [4.78, 5) is 120. The number of thiocarbonyl (C=S) groups is 2. The summed E-state index contributed by atoms with van der Waals surface area (Å²) in [5.74, 6) is -2.85. The van der Waals surface area contributed by atoms with E-state index in [1.807, 2.05) is 138 Å². The van der Waals surface area contributed by atoms with Gasteiger partial charge in [0.2, 0.25) is 5.91 Å². The van der Waals surface area contributed by atoms with Crippen LogP contribution in [0.1, 0.15) is 87.7 Å². The molecule has 118 heavy (non-hydrogen) atoms. The fraction of sp³-hybridized carbons (Fsp3) is 0.395. The summed E-state index contributed by atoms with van der Waals surface area (Å²) in [5.41, 5.74) is 5.61. The maximum absolute atomic E-state index is 12.2. The molecule has 6 aromatic heterocycles. The number of aromatic nitrogens is 12. The molecule has 15 rings (SSSR count). The number of hydrogen-bond acceptors (Lipinski definition) is 27. The Hall–Kier alpha value is -12.4. The monoisotopic (exact) mass is 1660 g/mol. The molecule has 10 heterocycles. The summed E-state index contributed by atoms with van der Waals surface area (Å²) >= 11 is 10.2. The molecule has 3 aromatic carbocycles. The van der Waals surface area contributed by atoms with Gasteiger partial charge in [0, 0.05) is 50.0 Å². The minimum absolute atomic E-state index is 0.00346. The zero-order valence-corrected chi connectivity index (χ0v) is 65.3. The first-order valence-electron chi connectivity index (χ1n) is 37.8. The van der Waals surface area contributed by atoms with Crippen LogP contribution in [0.15, 0.2) is 141 Å². The van der Waals surface area contributed by atoms with Gasteiger partial charge in [-0.05, 0) is 81.3 Å². The van der Waals surface area contributed by atoms with Gasteiger partial charge in [-0.15, -0.1) is 0 Å². The number of nitrogens with one attached hydrogen (secondary N) is 9. The molecule has 0 radical (unpaired) electrons. The van der Waals surface area contributed by atoms with Crippen LogP contribution in [0.3, 0.4) is 0 Å². The average Bonchev–Trinajstić information content (AvgIpc) is 1.60. The average molecular weight is 1660 g/mol. The van der Waals surface area contributed by atoms with Crippen molar-refractivity contribution in [1.29, 1.82) is 0 Å². The van der Waals surface area contributed by atoms with Gasteiger partial charge in [-0.1, -0.05) is 103 Å². The largest absolute Gasteiger partial charge is 0.481 e. The van der Waals surface area contributed by atoms with Gasteiger partial charge in [0.15, 0.2) is 76.0 Å². The van der Waals surface area contributed by atoms with Gasteiger partial charge in [-0.2, -0.15) is 0 Å². The number of imidazole rings is 3. The second kappa shape index (κ2) is 39.5. The lowest BCUT2D eigenvalue weighted by Gasteiger charge is -2.21. The molecular weight excluding hydrogens is 1580 g/mol. The number of amides is 7. The minimum atomic E-state index is -1.07. The van der Waals surface area contributed by atoms with Gasteiger partial charge in [0.1, 0.15) is 69.2 Å². The Morgan fingerprint density at radius 3 is 1.35 bits per heavy atom. The molecule has 12 N–H and O–H groups in total. The Kier molecular flexibility index (Phi) is 27.9. The van der Waals surface area contributed by atoms with Crippen LogP contribution in [-0.2, 0) is 61.8 Å². The van der Waals surface area contributed by atoms with E-state index in [0.29, 0.717) is 84.1 Å². The van der Waals surface area contributed by atoms with Crippen molar-refractivity contribution in [3.05, 3.63) is 158 Å². The standard InChI is InChI=1S/C27H31N7O6.C26H29N7O6S.C23H25N7O7S/c1-2-28-27(38)33-25-22-26(31-14-30-25)34(15-32-22)18-12-17(13-29-19(35)9-10-20(36)37)23-24(18)40-21(39-23)11-8-16-6-4-3-5-7-16;1-2-27-25(36)32-23-20-24(30-13-29-23)33(14-31-20)17-10-16(12-37-26(40)28-11-18(34)35)21-22(17)39-19(38-21)9-8-15-6-4-3-5-7-15;1-2-24-22(33)29-18-15-19(27-10-26-18)30(11-28-15)20-17-16(36-21(37-17)12-6-4-3-5-7-12)13(35-20)9-34-23(38)25-8-14(31)32/h3-8,11,14-15,17-18,21,23-24H,2,9-10,12-13H2,1H3,(H,29,35)(H,36,37)(H2,28,30,31,33,38);3-9,13-14,16-17,19,21-22H,2,10-12H2,1H3,(H,28,40)(H,34,35)(H2,27,29,30,32,36);3-7,10-11,13,16-17,20-21H,2,8-9H2,1H3,(H,25,38)(H,31,32)(H2,24,26,27,29,33)/b11-8+;9-8+;/t17?,18?,21-,23?,24?;16?,17?,19-,21?,22?;13?,16?,17?,20?,21-/m000/s1. The Morgan fingerprint density at radius 2 is 0.881 bits per heavy atom. The summed E-state index contributed by atoms with van der Waals surface area (Å²) in [5, 5.41) is 50.5. The van der Waals surface area contributed by atoms with Crippen molar-refractivity contribution in [1.82, 2.24) is 90.5 Å². The molecule has 2 saturated carbocycles. The predicted octanol–water partition coefficient (Wildman–Crippen LogP) is 5.98. The van der Waals surface area contributed by atoms with Crippen LogP contribution in [0.4, 0.5) is 31.8 Å². The first-order chi connectivity index (χ1) is 57.3. The fourth-order valence-electron chi connectivity index (χ4n) is 14.3. The number of anilines is 3. The van der Waals surface area contributed by atoms with Crippen LogP contribution in [0.25, 0.3) is 45.6 Å². The topological polar surface area (TPSA) is 502 Å². The molecule has 42 heteroatoms. The molecule has 40 nitrogen and oxygen atoms in total. The molecule has 4 aliphatic heterocycles. The fourth-order valence-corrected chi connectivity index (χ4v) is 14.6. The number of carboxylic acid groups (broad SMARTS) is 3. The first kappa shape index (κ1) is 83.5. The summed E-state index contributed by atoms with van der Waals surface area (Å²) in [6.45, 7) is 6.61. The number of nitrogens with zero attached hydrogens (tertiary/aromatic N) is 12. The van der Waals surface area contributed by atoms with E-state index in [2.05, 4.69) is 92.7 Å². The van der Waals surface area contributed by atoms with Gasteiger partial charge in [0.25, 0.3) is 10.3 Å². The summed E-state index contributed by atoms with van der Waals surface area (Å²) in [6.07, 6.45) is 11.7. The highest BCUT2D eigenvalue weighted by atomic mass is 32.1. The Bertz CT molecular complexity index is 4900. The van der Waals surface area contributed by atoms with Crippen LogP contribution in [0, 0.1) is 11.8 Å². The molecule has 12 unspecified atom stereocenters. The van der Waals surface area contributed by atoms with Crippen molar-refractivity contribution in [2.45, 2.75) is 126 Å². The Balaban J connectivity index is 0.000000154. The Morgan fingerprint density at radius 1 is 0.458 bits per heavy atom. The van der Waals surface area contributed by atoms with E-state index in [-0.39, 0.29) is 116 Å². The Labute approximate surface area is 682 Å².